The van der Waals surface area contributed by atoms with Gasteiger partial charge in [-0.1, -0.05) is 12.1 Å². The average molecular weight is 471 g/mol. The number of nitrogens with zero attached hydrogens (tertiary/aromatic N) is 3. The Morgan fingerprint density at radius 3 is 2.58 bits per heavy atom. The summed E-state index contributed by atoms with van der Waals surface area (Å²) in [6, 6.07) is 8.79. The van der Waals surface area contributed by atoms with Gasteiger partial charge in [0.05, 0.1) is 11.4 Å². The molecule has 3 amide bonds. The highest BCUT2D eigenvalue weighted by atomic mass is 32.1. The Hall–Kier alpha value is -3.50. The highest BCUT2D eigenvalue weighted by molar-refractivity contribution is 7.09. The van der Waals surface area contributed by atoms with Crippen LogP contribution in [-0.2, 0) is 6.54 Å². The maximum atomic E-state index is 13.5. The van der Waals surface area contributed by atoms with Gasteiger partial charge in [0, 0.05) is 35.7 Å². The Labute approximate surface area is 196 Å². The second-order valence-electron chi connectivity index (χ2n) is 7.77. The second-order valence-corrected chi connectivity index (χ2v) is 8.51. The number of aromatic nitrogens is 1. The van der Waals surface area contributed by atoms with E-state index in [0.29, 0.717) is 30.2 Å². The molecule has 0 unspecified atom stereocenters. The van der Waals surface area contributed by atoms with Gasteiger partial charge in [0.2, 0.25) is 0 Å². The van der Waals surface area contributed by atoms with E-state index in [-0.39, 0.29) is 17.6 Å². The first-order valence-electron chi connectivity index (χ1n) is 10.4. The molecule has 0 aliphatic heterocycles. The minimum atomic E-state index is -0.422. The van der Waals surface area contributed by atoms with E-state index in [1.807, 2.05) is 19.0 Å². The molecule has 2 aromatic heterocycles. The van der Waals surface area contributed by atoms with Gasteiger partial charge < -0.3 is 26.2 Å². The summed E-state index contributed by atoms with van der Waals surface area (Å²) in [6.07, 6.45) is 2.33. The molecule has 8 nitrogen and oxygen atoms in total. The van der Waals surface area contributed by atoms with Gasteiger partial charge in [-0.25, -0.2) is 9.18 Å². The van der Waals surface area contributed by atoms with Crippen molar-refractivity contribution in [2.75, 3.05) is 43.6 Å². The molecule has 0 saturated heterocycles. The summed E-state index contributed by atoms with van der Waals surface area (Å²) in [5.74, 6) is -0.785. The van der Waals surface area contributed by atoms with Crippen LogP contribution in [0.2, 0.25) is 0 Å². The van der Waals surface area contributed by atoms with E-state index in [2.05, 4.69) is 15.6 Å². The first kappa shape index (κ1) is 24.1. The Morgan fingerprint density at radius 2 is 1.94 bits per heavy atom. The van der Waals surface area contributed by atoms with Crippen LogP contribution in [0, 0.1) is 5.82 Å². The molecule has 3 aromatic rings. The van der Waals surface area contributed by atoms with Crippen LogP contribution >= 0.6 is 11.3 Å². The third kappa shape index (κ3) is 7.26. The molecule has 0 bridgehead atoms. The normalized spacial score (nSPS) is 10.8. The lowest BCUT2D eigenvalue weighted by Gasteiger charge is -2.24. The van der Waals surface area contributed by atoms with Crippen LogP contribution in [-0.4, -0.2) is 53.9 Å². The first-order valence-corrected chi connectivity index (χ1v) is 11.3. The molecule has 0 spiro atoms. The maximum Gasteiger partial charge on any atom is 0.322 e. The van der Waals surface area contributed by atoms with Crippen molar-refractivity contribution in [1.82, 2.24) is 14.8 Å². The lowest BCUT2D eigenvalue weighted by molar-refractivity contribution is 0.102. The predicted molar refractivity (Wildman–Crippen MR) is 130 cm³/mol. The van der Waals surface area contributed by atoms with Crippen molar-refractivity contribution in [2.45, 2.75) is 13.0 Å². The smallest absolute Gasteiger partial charge is 0.322 e. The van der Waals surface area contributed by atoms with Crippen molar-refractivity contribution >= 4 is 40.3 Å². The molecule has 2 heterocycles. The third-order valence-electron chi connectivity index (χ3n) is 4.77. The van der Waals surface area contributed by atoms with E-state index in [1.165, 1.54) is 23.5 Å². The van der Waals surface area contributed by atoms with E-state index in [0.717, 1.165) is 18.5 Å². The molecule has 0 radical (unpaired) electrons. The summed E-state index contributed by atoms with van der Waals surface area (Å²) in [5.41, 5.74) is 8.25. The number of carbonyl (C=O) groups is 2. The highest BCUT2D eigenvalue weighted by Gasteiger charge is 2.16. The standard InChI is InChI=1S/C23H27FN6O2S/c1-29(2)9-4-10-30(23(32)27-18-6-3-5-17(24)11-18)13-16-7-8-20(26-12-16)22(31)28-21-15-33-14-19(21)25/h3,5-8,11-12,14-15H,4,9-10,13,25H2,1-2H3,(H,27,32)(H,28,31). The molecule has 0 aliphatic rings. The van der Waals surface area contributed by atoms with E-state index in [4.69, 9.17) is 5.73 Å². The lowest BCUT2D eigenvalue weighted by Crippen LogP contribution is -2.36. The number of carbonyl (C=O) groups excluding carboxylic acids is 2. The van der Waals surface area contributed by atoms with Crippen LogP contribution in [0.1, 0.15) is 22.5 Å². The Bertz CT molecular complexity index is 1090. The number of nitrogens with one attached hydrogen (secondary N) is 2. The van der Waals surface area contributed by atoms with Crippen molar-refractivity contribution in [3.05, 3.63) is 70.4 Å². The number of hydrogen-bond donors (Lipinski definition) is 3. The molecule has 0 saturated carbocycles. The van der Waals surface area contributed by atoms with Crippen molar-refractivity contribution in [1.29, 1.82) is 0 Å². The average Bonchev–Trinajstić information content (AvgIpc) is 3.17. The number of nitrogens with two attached hydrogens (primary N) is 1. The summed E-state index contributed by atoms with van der Waals surface area (Å²) >= 11 is 1.40. The fraction of sp³-hybridized carbons (Fsp3) is 0.261. The number of rotatable bonds is 9. The van der Waals surface area contributed by atoms with Crippen LogP contribution in [0.15, 0.2) is 53.4 Å². The van der Waals surface area contributed by atoms with Crippen molar-refractivity contribution in [3.63, 3.8) is 0 Å². The molecule has 174 valence electrons. The second kappa shape index (κ2) is 11.4. The van der Waals surface area contributed by atoms with Gasteiger partial charge in [-0.05, 0) is 56.9 Å². The van der Waals surface area contributed by atoms with Crippen molar-refractivity contribution < 1.29 is 14.0 Å². The number of benzene rings is 1. The van der Waals surface area contributed by atoms with Gasteiger partial charge in [0.25, 0.3) is 5.91 Å². The van der Waals surface area contributed by atoms with Gasteiger partial charge in [-0.3, -0.25) is 9.78 Å². The third-order valence-corrected chi connectivity index (χ3v) is 5.53. The van der Waals surface area contributed by atoms with E-state index < -0.39 is 5.82 Å². The van der Waals surface area contributed by atoms with Gasteiger partial charge in [0.15, 0.2) is 0 Å². The Morgan fingerprint density at radius 1 is 1.12 bits per heavy atom. The topological polar surface area (TPSA) is 104 Å². The minimum absolute atomic E-state index is 0.243. The molecule has 1 aromatic carbocycles. The van der Waals surface area contributed by atoms with Gasteiger partial charge >= 0.3 is 6.03 Å². The predicted octanol–water partition coefficient (Wildman–Crippen LogP) is 4.10. The van der Waals surface area contributed by atoms with Gasteiger partial charge in [-0.15, -0.1) is 11.3 Å². The summed E-state index contributed by atoms with van der Waals surface area (Å²) in [6.45, 7) is 1.60. The number of thiophene rings is 1. The first-order chi connectivity index (χ1) is 15.8. The summed E-state index contributed by atoms with van der Waals surface area (Å²) in [4.78, 5) is 33.2. The molecule has 0 aliphatic carbocycles. The Kier molecular flexibility index (Phi) is 8.34. The minimum Gasteiger partial charge on any atom is -0.396 e. The summed E-state index contributed by atoms with van der Waals surface area (Å²) in [5, 5.41) is 8.96. The molecule has 4 N–H and O–H groups in total. The SMILES string of the molecule is CN(C)CCCN(Cc1ccc(C(=O)Nc2cscc2N)nc1)C(=O)Nc1cccc(F)c1. The maximum absolute atomic E-state index is 13.5. The number of urea groups is 1. The van der Waals surface area contributed by atoms with Crippen LogP contribution in [0.5, 0.6) is 0 Å². The fourth-order valence-corrected chi connectivity index (χ4v) is 3.74. The monoisotopic (exact) mass is 470 g/mol. The lowest BCUT2D eigenvalue weighted by atomic mass is 10.2. The van der Waals surface area contributed by atoms with Crippen LogP contribution < -0.4 is 16.4 Å². The van der Waals surface area contributed by atoms with Crippen molar-refractivity contribution in [3.8, 4) is 0 Å². The molecule has 10 heteroatoms. The molecular formula is C23H27FN6O2S. The zero-order valence-electron chi connectivity index (χ0n) is 18.5. The largest absolute Gasteiger partial charge is 0.396 e. The fourth-order valence-electron chi connectivity index (χ4n) is 3.07. The van der Waals surface area contributed by atoms with Gasteiger partial charge in [0.1, 0.15) is 11.5 Å². The molecule has 0 atom stereocenters. The quantitative estimate of drug-likeness (QED) is 0.437. The molecule has 3 rings (SSSR count). The number of nitrogen functional groups attached to an aromatic ring is 1. The van der Waals surface area contributed by atoms with Crippen molar-refractivity contribution in [2.24, 2.45) is 0 Å². The zero-order valence-corrected chi connectivity index (χ0v) is 19.4. The van der Waals surface area contributed by atoms with E-state index >= 15 is 0 Å². The van der Waals surface area contributed by atoms with E-state index in [9.17, 15) is 14.0 Å². The van der Waals surface area contributed by atoms with E-state index in [1.54, 1.807) is 46.1 Å². The number of hydrogen-bond acceptors (Lipinski definition) is 6. The zero-order chi connectivity index (χ0) is 23.8. The number of pyridine rings is 1. The Balaban J connectivity index is 1.67. The molecule has 33 heavy (non-hydrogen) atoms. The van der Waals surface area contributed by atoms with Crippen LogP contribution in [0.25, 0.3) is 0 Å². The summed E-state index contributed by atoms with van der Waals surface area (Å²) in [7, 11) is 3.93. The number of halogens is 1. The number of amides is 3. The van der Waals surface area contributed by atoms with Crippen LogP contribution in [0.4, 0.5) is 26.2 Å². The molecular weight excluding hydrogens is 443 g/mol. The number of anilines is 3. The summed E-state index contributed by atoms with van der Waals surface area (Å²) < 4.78 is 13.5. The van der Waals surface area contributed by atoms with Crippen LogP contribution in [0.3, 0.4) is 0 Å². The van der Waals surface area contributed by atoms with Gasteiger partial charge in [-0.2, -0.15) is 0 Å². The highest BCUT2D eigenvalue weighted by Crippen LogP contribution is 2.23. The molecule has 0 fully saturated rings.